The van der Waals surface area contributed by atoms with Crippen LogP contribution >= 0.6 is 11.8 Å². The van der Waals surface area contributed by atoms with E-state index in [-0.39, 0.29) is 6.61 Å². The van der Waals surface area contributed by atoms with E-state index in [2.05, 4.69) is 15.0 Å². The molecule has 0 aromatic carbocycles. The number of urea groups is 1. The number of carbonyl (C=O) groups is 2. The molecule has 2 aromatic rings. The zero-order valence-corrected chi connectivity index (χ0v) is 14.1. The quantitative estimate of drug-likeness (QED) is 0.796. The van der Waals surface area contributed by atoms with Crippen LogP contribution in [-0.4, -0.2) is 38.7 Å². The van der Waals surface area contributed by atoms with Gasteiger partial charge in [0.05, 0.1) is 17.3 Å². The lowest BCUT2D eigenvalue weighted by Crippen LogP contribution is -2.34. The first-order valence-electron chi connectivity index (χ1n) is 7.48. The minimum atomic E-state index is -0.718. The van der Waals surface area contributed by atoms with Gasteiger partial charge in [-0.05, 0) is 26.0 Å². The predicted molar refractivity (Wildman–Crippen MR) is 92.6 cm³/mol. The number of esters is 1. The Hall–Kier alpha value is -2.48. The first-order chi connectivity index (χ1) is 11.6. The highest BCUT2D eigenvalue weighted by Gasteiger charge is 2.33. The molecule has 1 aliphatic rings. The maximum Gasteiger partial charge on any atom is 0.367 e. The second kappa shape index (κ2) is 6.96. The average Bonchev–Trinajstić information content (AvgIpc) is 2.95. The molecule has 1 unspecified atom stereocenters. The van der Waals surface area contributed by atoms with Crippen LogP contribution in [0.25, 0.3) is 5.65 Å². The van der Waals surface area contributed by atoms with Crippen LogP contribution in [-0.2, 0) is 15.3 Å². The van der Waals surface area contributed by atoms with E-state index in [1.165, 1.54) is 11.8 Å². The number of hydrogen-bond acceptors (Lipinski definition) is 5. The summed E-state index contributed by atoms with van der Waals surface area (Å²) in [6.45, 7) is 3.64. The highest BCUT2D eigenvalue weighted by Crippen LogP contribution is 2.24. The van der Waals surface area contributed by atoms with Crippen molar-refractivity contribution in [2.75, 3.05) is 6.61 Å². The van der Waals surface area contributed by atoms with Gasteiger partial charge in [-0.15, -0.1) is 11.8 Å². The van der Waals surface area contributed by atoms with Crippen molar-refractivity contribution in [2.45, 2.75) is 19.6 Å². The number of hydrogen-bond donors (Lipinski definition) is 0. The summed E-state index contributed by atoms with van der Waals surface area (Å²) < 4.78 is 6.99. The molecule has 8 heteroatoms. The molecule has 0 bridgehead atoms. The van der Waals surface area contributed by atoms with Gasteiger partial charge in [0.25, 0.3) is 0 Å². The van der Waals surface area contributed by atoms with E-state index in [0.29, 0.717) is 16.5 Å². The number of carbonyl (C=O) groups excluding carboxylic acids is 2. The molecule has 2 amide bonds. The fraction of sp³-hybridized carbons (Fsp3) is 0.312. The van der Waals surface area contributed by atoms with Crippen LogP contribution in [0.15, 0.2) is 40.6 Å². The SMILES string of the molecule is CCOC(=O)C1C(C)=NC(=O)N=C1SCc1cn2ccccc2n1. The van der Waals surface area contributed by atoms with Gasteiger partial charge in [-0.1, -0.05) is 6.07 Å². The molecule has 0 radical (unpaired) electrons. The summed E-state index contributed by atoms with van der Waals surface area (Å²) in [5.41, 5.74) is 2.09. The third-order valence-corrected chi connectivity index (χ3v) is 4.51. The van der Waals surface area contributed by atoms with Gasteiger partial charge in [0.15, 0.2) is 0 Å². The molecule has 0 N–H and O–H groups in total. The van der Waals surface area contributed by atoms with E-state index in [1.54, 1.807) is 13.8 Å². The number of imidazole rings is 1. The molecule has 3 heterocycles. The predicted octanol–water partition coefficient (Wildman–Crippen LogP) is 2.74. The molecule has 0 fully saturated rings. The molecule has 0 spiro atoms. The molecule has 24 heavy (non-hydrogen) atoms. The molecule has 0 saturated carbocycles. The third kappa shape index (κ3) is 3.38. The summed E-state index contributed by atoms with van der Waals surface area (Å²) in [7, 11) is 0. The topological polar surface area (TPSA) is 85.4 Å². The summed E-state index contributed by atoms with van der Waals surface area (Å²) in [4.78, 5) is 35.9. The monoisotopic (exact) mass is 344 g/mol. The van der Waals surface area contributed by atoms with Crippen molar-refractivity contribution in [2.24, 2.45) is 15.9 Å². The summed E-state index contributed by atoms with van der Waals surface area (Å²) in [6, 6.07) is 5.16. The summed E-state index contributed by atoms with van der Waals surface area (Å²) in [5, 5.41) is 0.406. The Kier molecular flexibility index (Phi) is 4.75. The van der Waals surface area contributed by atoms with Crippen LogP contribution in [0, 0.1) is 5.92 Å². The smallest absolute Gasteiger partial charge is 0.367 e. The van der Waals surface area contributed by atoms with Gasteiger partial charge in [-0.3, -0.25) is 4.79 Å². The maximum absolute atomic E-state index is 12.1. The highest BCUT2D eigenvalue weighted by molar-refractivity contribution is 8.13. The van der Waals surface area contributed by atoms with E-state index in [4.69, 9.17) is 4.74 Å². The Morgan fingerprint density at radius 1 is 1.38 bits per heavy atom. The van der Waals surface area contributed by atoms with Crippen LogP contribution in [0.2, 0.25) is 0 Å². The molecular formula is C16H16N4O3S. The number of amides is 2. The highest BCUT2D eigenvalue weighted by atomic mass is 32.2. The summed E-state index contributed by atoms with van der Waals surface area (Å²) >= 11 is 1.31. The van der Waals surface area contributed by atoms with E-state index < -0.39 is 17.9 Å². The van der Waals surface area contributed by atoms with E-state index in [1.807, 2.05) is 35.0 Å². The minimum absolute atomic E-state index is 0.265. The second-order valence-corrected chi connectivity index (χ2v) is 6.15. The Morgan fingerprint density at radius 2 is 2.21 bits per heavy atom. The molecule has 7 nitrogen and oxygen atoms in total. The molecule has 1 atom stereocenters. The van der Waals surface area contributed by atoms with Crippen LogP contribution < -0.4 is 0 Å². The van der Waals surface area contributed by atoms with Gasteiger partial charge in [0.1, 0.15) is 11.6 Å². The third-order valence-electron chi connectivity index (χ3n) is 3.45. The standard InChI is InChI=1S/C16H16N4O3S/c1-3-23-15(21)13-10(2)17-16(22)19-14(13)24-9-11-8-20-7-5-4-6-12(20)18-11/h4-8,13H,3,9H2,1-2H3. The molecule has 2 aromatic heterocycles. The zero-order valence-electron chi connectivity index (χ0n) is 13.3. The largest absolute Gasteiger partial charge is 0.465 e. The number of nitrogens with zero attached hydrogens (tertiary/aromatic N) is 4. The Morgan fingerprint density at radius 3 is 2.96 bits per heavy atom. The van der Waals surface area contributed by atoms with Gasteiger partial charge in [-0.25, -0.2) is 9.78 Å². The van der Waals surface area contributed by atoms with Crippen molar-refractivity contribution < 1.29 is 14.3 Å². The molecule has 0 saturated heterocycles. The molecule has 3 rings (SSSR count). The van der Waals surface area contributed by atoms with Crippen molar-refractivity contribution in [1.29, 1.82) is 0 Å². The second-order valence-electron chi connectivity index (χ2n) is 5.16. The minimum Gasteiger partial charge on any atom is -0.465 e. The Bertz CT molecular complexity index is 823. The number of pyridine rings is 1. The fourth-order valence-electron chi connectivity index (χ4n) is 2.40. The Balaban J connectivity index is 1.78. The first kappa shape index (κ1) is 16.4. The lowest BCUT2D eigenvalue weighted by molar-refractivity contribution is -0.143. The first-order valence-corrected chi connectivity index (χ1v) is 8.47. The molecule has 1 aliphatic heterocycles. The maximum atomic E-state index is 12.1. The van der Waals surface area contributed by atoms with Crippen molar-refractivity contribution in [3.63, 3.8) is 0 Å². The molecule has 124 valence electrons. The van der Waals surface area contributed by atoms with Gasteiger partial charge < -0.3 is 9.14 Å². The van der Waals surface area contributed by atoms with E-state index >= 15 is 0 Å². The number of ether oxygens (including phenoxy) is 1. The van der Waals surface area contributed by atoms with Crippen molar-refractivity contribution in [3.05, 3.63) is 36.3 Å². The van der Waals surface area contributed by atoms with Crippen molar-refractivity contribution in [3.8, 4) is 0 Å². The average molecular weight is 344 g/mol. The van der Waals surface area contributed by atoms with E-state index in [0.717, 1.165) is 11.3 Å². The number of thioether (sulfide) groups is 1. The van der Waals surface area contributed by atoms with Crippen molar-refractivity contribution in [1.82, 2.24) is 9.38 Å². The number of aromatic nitrogens is 2. The summed E-state index contributed by atoms with van der Waals surface area (Å²) in [6.07, 6.45) is 3.82. The molecule has 0 aliphatic carbocycles. The number of fused-ring (bicyclic) bond motifs is 1. The lowest BCUT2D eigenvalue weighted by Gasteiger charge is -2.19. The van der Waals surface area contributed by atoms with Crippen molar-refractivity contribution >= 4 is 40.2 Å². The van der Waals surface area contributed by atoms with Gasteiger partial charge in [0.2, 0.25) is 0 Å². The number of aliphatic imine (C=N–C) groups is 2. The van der Waals surface area contributed by atoms with Crippen LogP contribution in [0.4, 0.5) is 4.79 Å². The normalized spacial score (nSPS) is 17.6. The fourth-order valence-corrected chi connectivity index (χ4v) is 3.41. The van der Waals surface area contributed by atoms with Gasteiger partial charge in [0, 0.05) is 23.9 Å². The number of rotatable bonds is 4. The Labute approximate surface area is 142 Å². The van der Waals surface area contributed by atoms with E-state index in [9.17, 15) is 9.59 Å². The van der Waals surface area contributed by atoms with Crippen LogP contribution in [0.5, 0.6) is 0 Å². The van der Waals surface area contributed by atoms with Crippen LogP contribution in [0.3, 0.4) is 0 Å². The zero-order chi connectivity index (χ0) is 17.1. The van der Waals surface area contributed by atoms with Crippen LogP contribution in [0.1, 0.15) is 19.5 Å². The van der Waals surface area contributed by atoms with Gasteiger partial charge in [-0.2, -0.15) is 9.98 Å². The summed E-state index contributed by atoms with van der Waals surface area (Å²) in [5.74, 6) is -0.658. The molecular weight excluding hydrogens is 328 g/mol. The lowest BCUT2D eigenvalue weighted by atomic mass is 10.1. The van der Waals surface area contributed by atoms with Gasteiger partial charge >= 0.3 is 12.0 Å².